The molecule has 4 heteroatoms. The summed E-state index contributed by atoms with van der Waals surface area (Å²) in [5, 5.41) is 0. The van der Waals surface area contributed by atoms with E-state index in [0.29, 0.717) is 17.9 Å². The lowest BCUT2D eigenvalue weighted by atomic mass is 10.2. The van der Waals surface area contributed by atoms with Gasteiger partial charge in [-0.2, -0.15) is 0 Å². The first kappa shape index (κ1) is 11.1. The number of carbonyl (C=O) groups is 1. The number of nitrogen functional groups attached to an aromatic ring is 1. The van der Waals surface area contributed by atoms with Crippen molar-refractivity contribution in [1.82, 2.24) is 4.98 Å². The minimum absolute atomic E-state index is 0.0790. The largest absolute Gasteiger partial charge is 0.465 e. The van der Waals surface area contributed by atoms with Gasteiger partial charge in [-0.3, -0.25) is 9.78 Å². The Morgan fingerprint density at radius 1 is 1.67 bits per heavy atom. The van der Waals surface area contributed by atoms with E-state index >= 15 is 0 Å². The molecule has 1 aromatic rings. The summed E-state index contributed by atoms with van der Waals surface area (Å²) in [4.78, 5) is 14.8. The van der Waals surface area contributed by atoms with Crippen molar-refractivity contribution < 1.29 is 9.53 Å². The van der Waals surface area contributed by atoms with Gasteiger partial charge >= 0.3 is 5.97 Å². The summed E-state index contributed by atoms with van der Waals surface area (Å²) in [5.74, 6) is 5.16. The van der Waals surface area contributed by atoms with Crippen molar-refractivity contribution in [2.24, 2.45) is 0 Å². The van der Waals surface area contributed by atoms with Gasteiger partial charge in [-0.05, 0) is 13.0 Å². The van der Waals surface area contributed by atoms with Crippen LogP contribution in [-0.4, -0.2) is 17.6 Å². The second-order valence-electron chi connectivity index (χ2n) is 2.75. The van der Waals surface area contributed by atoms with Crippen molar-refractivity contribution in [3.05, 3.63) is 24.0 Å². The van der Waals surface area contributed by atoms with Crippen LogP contribution in [0, 0.1) is 11.8 Å². The lowest BCUT2D eigenvalue weighted by Gasteiger charge is -1.96. The molecule has 0 atom stereocenters. The van der Waals surface area contributed by atoms with E-state index in [4.69, 9.17) is 10.5 Å². The highest BCUT2D eigenvalue weighted by Crippen LogP contribution is 2.05. The van der Waals surface area contributed by atoms with Crippen LogP contribution in [0.3, 0.4) is 0 Å². The van der Waals surface area contributed by atoms with Gasteiger partial charge in [0.15, 0.2) is 0 Å². The normalized spacial score (nSPS) is 8.87. The van der Waals surface area contributed by atoms with Crippen LogP contribution in [0.15, 0.2) is 18.5 Å². The SMILES string of the molecule is CCOC(=O)CC#Cc1ccncc1N. The van der Waals surface area contributed by atoms with Crippen molar-refractivity contribution in [2.45, 2.75) is 13.3 Å². The van der Waals surface area contributed by atoms with Gasteiger partial charge in [-0.15, -0.1) is 0 Å². The molecule has 0 saturated carbocycles. The smallest absolute Gasteiger partial charge is 0.317 e. The van der Waals surface area contributed by atoms with Gasteiger partial charge in [0, 0.05) is 6.20 Å². The van der Waals surface area contributed by atoms with Crippen LogP contribution in [0.5, 0.6) is 0 Å². The summed E-state index contributed by atoms with van der Waals surface area (Å²) in [6.07, 6.45) is 3.20. The van der Waals surface area contributed by atoms with Crippen LogP contribution >= 0.6 is 0 Å². The summed E-state index contributed by atoms with van der Waals surface area (Å²) in [6, 6.07) is 1.70. The zero-order chi connectivity index (χ0) is 11.1. The van der Waals surface area contributed by atoms with Gasteiger partial charge in [0.05, 0.1) is 24.1 Å². The topological polar surface area (TPSA) is 65.2 Å². The number of pyridine rings is 1. The molecule has 0 aliphatic rings. The first-order valence-electron chi connectivity index (χ1n) is 4.58. The Kier molecular flexibility index (Phi) is 4.17. The highest BCUT2D eigenvalue weighted by atomic mass is 16.5. The van der Waals surface area contributed by atoms with Crippen molar-refractivity contribution >= 4 is 11.7 Å². The van der Waals surface area contributed by atoms with Gasteiger partial charge in [-0.1, -0.05) is 11.8 Å². The zero-order valence-corrected chi connectivity index (χ0v) is 8.49. The maximum Gasteiger partial charge on any atom is 0.317 e. The van der Waals surface area contributed by atoms with E-state index in [1.165, 1.54) is 6.20 Å². The molecule has 0 saturated heterocycles. The fourth-order valence-corrected chi connectivity index (χ4v) is 0.944. The summed E-state index contributed by atoms with van der Waals surface area (Å²) >= 11 is 0. The average molecular weight is 204 g/mol. The monoisotopic (exact) mass is 204 g/mol. The van der Waals surface area contributed by atoms with Crippen LogP contribution in [-0.2, 0) is 9.53 Å². The number of hydrogen-bond acceptors (Lipinski definition) is 4. The molecule has 0 aliphatic heterocycles. The number of carbonyl (C=O) groups excluding carboxylic acids is 1. The van der Waals surface area contributed by atoms with Gasteiger partial charge in [0.25, 0.3) is 0 Å². The number of hydrogen-bond donors (Lipinski definition) is 1. The predicted molar refractivity (Wildman–Crippen MR) is 56.8 cm³/mol. The summed E-state index contributed by atoms with van der Waals surface area (Å²) in [5.41, 5.74) is 6.80. The van der Waals surface area contributed by atoms with Gasteiger partial charge in [0.1, 0.15) is 6.42 Å². The Bertz CT molecular complexity index is 405. The summed E-state index contributed by atoms with van der Waals surface area (Å²) in [7, 11) is 0. The summed E-state index contributed by atoms with van der Waals surface area (Å²) < 4.78 is 4.73. The number of anilines is 1. The van der Waals surface area contributed by atoms with Crippen molar-refractivity contribution in [3.8, 4) is 11.8 Å². The Morgan fingerprint density at radius 3 is 3.13 bits per heavy atom. The quantitative estimate of drug-likeness (QED) is 0.575. The molecule has 2 N–H and O–H groups in total. The molecule has 1 heterocycles. The highest BCUT2D eigenvalue weighted by Gasteiger charge is 1.97. The van der Waals surface area contributed by atoms with Gasteiger partial charge in [0.2, 0.25) is 0 Å². The predicted octanol–water partition coefficient (Wildman–Crippen LogP) is 0.968. The number of nitrogens with two attached hydrogens (primary N) is 1. The Hall–Kier alpha value is -2.02. The molecule has 0 spiro atoms. The molecular weight excluding hydrogens is 192 g/mol. The minimum atomic E-state index is -0.322. The first-order valence-corrected chi connectivity index (χ1v) is 4.58. The van der Waals surface area contributed by atoms with Crippen molar-refractivity contribution in [1.29, 1.82) is 0 Å². The van der Waals surface area contributed by atoms with Gasteiger partial charge in [-0.25, -0.2) is 0 Å². The molecule has 0 unspecified atom stereocenters. The van der Waals surface area contributed by atoms with E-state index in [-0.39, 0.29) is 12.4 Å². The molecule has 78 valence electrons. The molecule has 0 aliphatic carbocycles. The Labute approximate surface area is 88.5 Å². The van der Waals surface area contributed by atoms with Crippen LogP contribution in [0.4, 0.5) is 5.69 Å². The van der Waals surface area contributed by atoms with Crippen LogP contribution < -0.4 is 5.73 Å². The van der Waals surface area contributed by atoms with E-state index in [1.807, 2.05) is 0 Å². The standard InChI is InChI=1S/C11H12N2O2/c1-2-15-11(14)5-3-4-9-6-7-13-8-10(9)12/h6-8H,2,5,12H2,1H3. The van der Waals surface area contributed by atoms with Crippen molar-refractivity contribution in [2.75, 3.05) is 12.3 Å². The highest BCUT2D eigenvalue weighted by molar-refractivity contribution is 5.72. The average Bonchev–Trinajstić information content (AvgIpc) is 2.21. The third-order valence-electron chi connectivity index (χ3n) is 1.61. The molecular formula is C11H12N2O2. The Balaban J connectivity index is 2.59. The second-order valence-corrected chi connectivity index (χ2v) is 2.75. The maximum absolute atomic E-state index is 10.9. The van der Waals surface area contributed by atoms with Crippen molar-refractivity contribution in [3.63, 3.8) is 0 Å². The number of nitrogens with zero attached hydrogens (tertiary/aromatic N) is 1. The van der Waals surface area contributed by atoms with Gasteiger partial charge < -0.3 is 10.5 Å². The van der Waals surface area contributed by atoms with E-state index in [0.717, 1.165) is 0 Å². The third-order valence-corrected chi connectivity index (χ3v) is 1.61. The minimum Gasteiger partial charge on any atom is -0.465 e. The lowest BCUT2D eigenvalue weighted by molar-refractivity contribution is -0.141. The molecule has 15 heavy (non-hydrogen) atoms. The number of aromatic nitrogens is 1. The number of esters is 1. The lowest BCUT2D eigenvalue weighted by Crippen LogP contribution is -2.01. The fourth-order valence-electron chi connectivity index (χ4n) is 0.944. The Morgan fingerprint density at radius 2 is 2.47 bits per heavy atom. The maximum atomic E-state index is 10.9. The van der Waals surface area contributed by atoms with E-state index < -0.39 is 0 Å². The van der Waals surface area contributed by atoms with Crippen LogP contribution in [0.1, 0.15) is 18.9 Å². The number of rotatable bonds is 2. The zero-order valence-electron chi connectivity index (χ0n) is 8.49. The fraction of sp³-hybridized carbons (Fsp3) is 0.273. The molecule has 1 rings (SSSR count). The molecule has 0 fully saturated rings. The summed E-state index contributed by atoms with van der Waals surface area (Å²) in [6.45, 7) is 2.13. The van der Waals surface area contributed by atoms with Crippen LogP contribution in [0.2, 0.25) is 0 Å². The molecule has 0 radical (unpaired) electrons. The molecule has 0 bridgehead atoms. The number of ether oxygens (including phenoxy) is 1. The molecule has 0 aromatic carbocycles. The molecule has 4 nitrogen and oxygen atoms in total. The van der Waals surface area contributed by atoms with E-state index in [9.17, 15) is 4.79 Å². The van der Waals surface area contributed by atoms with Crippen LogP contribution in [0.25, 0.3) is 0 Å². The van der Waals surface area contributed by atoms with E-state index in [2.05, 4.69) is 16.8 Å². The second kappa shape index (κ2) is 5.66. The molecule has 1 aromatic heterocycles. The third kappa shape index (κ3) is 3.69. The van der Waals surface area contributed by atoms with E-state index in [1.54, 1.807) is 19.2 Å². The molecule has 0 amide bonds. The first-order chi connectivity index (χ1) is 7.24.